The van der Waals surface area contributed by atoms with E-state index in [1.54, 1.807) is 12.1 Å². The predicted molar refractivity (Wildman–Crippen MR) is 65.2 cm³/mol. The minimum absolute atomic E-state index is 0.0917. The number of carbonyl (C=O) groups excluding carboxylic acids is 2. The van der Waals surface area contributed by atoms with Gasteiger partial charge < -0.3 is 10.5 Å². The normalized spacial score (nSPS) is 10.1. The van der Waals surface area contributed by atoms with Gasteiger partial charge >= 0.3 is 0 Å². The Morgan fingerprint density at radius 2 is 1.76 bits per heavy atom. The summed E-state index contributed by atoms with van der Waals surface area (Å²) in [6, 6.07) is 3.39. The quantitative estimate of drug-likeness (QED) is 0.845. The molecule has 0 saturated carbocycles. The molecule has 4 nitrogen and oxygen atoms in total. The molecule has 1 aromatic rings. The highest BCUT2D eigenvalue weighted by atomic mass is 16.5. The minimum atomic E-state index is -0.452. The summed E-state index contributed by atoms with van der Waals surface area (Å²) in [4.78, 5) is 21.9. The number of aryl methyl sites for hydroxylation is 2. The Hall–Kier alpha value is -1.84. The van der Waals surface area contributed by atoms with Crippen LogP contribution in [0.5, 0.6) is 5.75 Å². The van der Waals surface area contributed by atoms with E-state index in [1.165, 1.54) is 6.92 Å². The monoisotopic (exact) mass is 235 g/mol. The van der Waals surface area contributed by atoms with E-state index >= 15 is 0 Å². The van der Waals surface area contributed by atoms with Gasteiger partial charge in [0.15, 0.2) is 0 Å². The van der Waals surface area contributed by atoms with Gasteiger partial charge in [0.25, 0.3) is 0 Å². The zero-order valence-electron chi connectivity index (χ0n) is 10.4. The molecular formula is C13H17NO3. The molecule has 0 spiro atoms. The number of nitrogens with two attached hydrogens (primary N) is 1. The van der Waals surface area contributed by atoms with E-state index in [4.69, 9.17) is 10.5 Å². The van der Waals surface area contributed by atoms with E-state index in [0.29, 0.717) is 18.6 Å². The molecular weight excluding hydrogens is 218 g/mol. The lowest BCUT2D eigenvalue weighted by Crippen LogP contribution is -2.12. The molecule has 1 rings (SSSR count). The topological polar surface area (TPSA) is 69.4 Å². The molecule has 0 heterocycles. The lowest BCUT2D eigenvalue weighted by Gasteiger charge is -2.12. The first-order valence-corrected chi connectivity index (χ1v) is 5.45. The second-order valence-corrected chi connectivity index (χ2v) is 4.10. The summed E-state index contributed by atoms with van der Waals surface area (Å²) >= 11 is 0. The van der Waals surface area contributed by atoms with Crippen LogP contribution < -0.4 is 10.5 Å². The van der Waals surface area contributed by atoms with Crippen LogP contribution in [0.1, 0.15) is 34.8 Å². The maximum atomic E-state index is 11.1. The molecule has 0 aliphatic carbocycles. The Bertz CT molecular complexity index is 429. The van der Waals surface area contributed by atoms with Crippen LogP contribution in [0.4, 0.5) is 0 Å². The number of primary amides is 1. The molecule has 0 saturated heterocycles. The van der Waals surface area contributed by atoms with Crippen molar-refractivity contribution >= 4 is 11.7 Å². The van der Waals surface area contributed by atoms with Crippen molar-refractivity contribution in [3.8, 4) is 5.75 Å². The summed E-state index contributed by atoms with van der Waals surface area (Å²) in [7, 11) is 0. The lowest BCUT2D eigenvalue weighted by atomic mass is 10.1. The van der Waals surface area contributed by atoms with Crippen LogP contribution in [-0.2, 0) is 4.79 Å². The van der Waals surface area contributed by atoms with Crippen LogP contribution in [0.25, 0.3) is 0 Å². The number of carbonyl (C=O) groups is 2. The Kier molecular flexibility index (Phi) is 4.26. The molecule has 0 fully saturated rings. The van der Waals surface area contributed by atoms with E-state index in [-0.39, 0.29) is 5.78 Å². The van der Waals surface area contributed by atoms with E-state index in [2.05, 4.69) is 0 Å². The second-order valence-electron chi connectivity index (χ2n) is 4.10. The predicted octanol–water partition coefficient (Wildman–Crippen LogP) is 1.76. The Labute approximate surface area is 101 Å². The number of Topliss-reactive ketones (excluding diaryl/α,β-unsaturated/α-hetero) is 1. The average molecular weight is 235 g/mol. The van der Waals surface area contributed by atoms with Gasteiger partial charge in [-0.3, -0.25) is 9.59 Å². The average Bonchev–Trinajstić information content (AvgIpc) is 2.21. The number of hydrogen-bond donors (Lipinski definition) is 1. The first kappa shape index (κ1) is 13.2. The van der Waals surface area contributed by atoms with Gasteiger partial charge in [-0.25, -0.2) is 0 Å². The van der Waals surface area contributed by atoms with Crippen molar-refractivity contribution in [3.05, 3.63) is 28.8 Å². The summed E-state index contributed by atoms with van der Waals surface area (Å²) in [5.74, 6) is 0.358. The molecule has 1 amide bonds. The number of rotatable bonds is 5. The zero-order chi connectivity index (χ0) is 13.0. The van der Waals surface area contributed by atoms with Gasteiger partial charge in [-0.05, 0) is 44.0 Å². The third kappa shape index (κ3) is 3.59. The molecule has 0 unspecified atom stereocenters. The SMILES string of the molecule is CC(=O)CCOc1c(C)cc(C(N)=O)cc1C. The number of ether oxygens (including phenoxy) is 1. The smallest absolute Gasteiger partial charge is 0.248 e. The number of amides is 1. The van der Waals surface area contributed by atoms with Crippen molar-refractivity contribution in [1.82, 2.24) is 0 Å². The molecule has 92 valence electrons. The van der Waals surface area contributed by atoms with Crippen LogP contribution >= 0.6 is 0 Å². The van der Waals surface area contributed by atoms with Gasteiger partial charge in [-0.2, -0.15) is 0 Å². The van der Waals surface area contributed by atoms with Crippen molar-refractivity contribution in [2.24, 2.45) is 5.73 Å². The molecule has 0 aromatic heterocycles. The van der Waals surface area contributed by atoms with Crippen LogP contribution in [0.15, 0.2) is 12.1 Å². The molecule has 4 heteroatoms. The maximum Gasteiger partial charge on any atom is 0.248 e. The molecule has 0 aliphatic heterocycles. The van der Waals surface area contributed by atoms with Gasteiger partial charge in [-0.1, -0.05) is 0 Å². The number of benzene rings is 1. The first-order valence-electron chi connectivity index (χ1n) is 5.45. The third-order valence-corrected chi connectivity index (χ3v) is 2.45. The molecule has 0 atom stereocenters. The first-order chi connectivity index (χ1) is 7.91. The van der Waals surface area contributed by atoms with Crippen molar-refractivity contribution < 1.29 is 14.3 Å². The largest absolute Gasteiger partial charge is 0.493 e. The van der Waals surface area contributed by atoms with Gasteiger partial charge in [0.2, 0.25) is 5.91 Å². The standard InChI is InChI=1S/C13H17NO3/c1-8-6-11(13(14)16)7-9(2)12(8)17-5-4-10(3)15/h6-7H,4-5H2,1-3H3,(H2,14,16). The van der Waals surface area contributed by atoms with Crippen LogP contribution in [0.3, 0.4) is 0 Å². The Morgan fingerprint density at radius 1 is 1.24 bits per heavy atom. The van der Waals surface area contributed by atoms with Gasteiger partial charge in [0.05, 0.1) is 6.61 Å². The number of hydrogen-bond acceptors (Lipinski definition) is 3. The number of ketones is 1. The fourth-order valence-corrected chi connectivity index (χ4v) is 1.62. The molecule has 0 aliphatic rings. The molecule has 0 radical (unpaired) electrons. The Balaban J connectivity index is 2.86. The van der Waals surface area contributed by atoms with E-state index in [1.807, 2.05) is 13.8 Å². The van der Waals surface area contributed by atoms with Crippen LogP contribution in [-0.4, -0.2) is 18.3 Å². The van der Waals surface area contributed by atoms with Crippen molar-refractivity contribution in [2.45, 2.75) is 27.2 Å². The van der Waals surface area contributed by atoms with Gasteiger partial charge in [-0.15, -0.1) is 0 Å². The molecule has 1 aromatic carbocycles. The van der Waals surface area contributed by atoms with Crippen LogP contribution in [0, 0.1) is 13.8 Å². The van der Waals surface area contributed by atoms with Gasteiger partial charge in [0, 0.05) is 12.0 Å². The lowest BCUT2D eigenvalue weighted by molar-refractivity contribution is -0.117. The summed E-state index contributed by atoms with van der Waals surface area (Å²) < 4.78 is 5.54. The van der Waals surface area contributed by atoms with Crippen molar-refractivity contribution in [1.29, 1.82) is 0 Å². The molecule has 0 bridgehead atoms. The fourth-order valence-electron chi connectivity index (χ4n) is 1.62. The van der Waals surface area contributed by atoms with Crippen LogP contribution in [0.2, 0.25) is 0 Å². The minimum Gasteiger partial charge on any atom is -0.493 e. The van der Waals surface area contributed by atoms with E-state index < -0.39 is 5.91 Å². The molecule has 17 heavy (non-hydrogen) atoms. The molecule has 2 N–H and O–H groups in total. The fraction of sp³-hybridized carbons (Fsp3) is 0.385. The highest BCUT2D eigenvalue weighted by Gasteiger charge is 2.09. The van der Waals surface area contributed by atoms with Crippen molar-refractivity contribution in [2.75, 3.05) is 6.61 Å². The summed E-state index contributed by atoms with van der Waals surface area (Å²) in [6.07, 6.45) is 0.385. The Morgan fingerprint density at radius 3 is 2.18 bits per heavy atom. The summed E-state index contributed by atoms with van der Waals surface area (Å²) in [5, 5.41) is 0. The van der Waals surface area contributed by atoms with E-state index in [0.717, 1.165) is 16.9 Å². The summed E-state index contributed by atoms with van der Waals surface area (Å²) in [5.41, 5.74) is 7.39. The zero-order valence-corrected chi connectivity index (χ0v) is 10.4. The maximum absolute atomic E-state index is 11.1. The summed E-state index contributed by atoms with van der Waals surface area (Å²) in [6.45, 7) is 5.58. The highest BCUT2D eigenvalue weighted by Crippen LogP contribution is 2.24. The second kappa shape index (κ2) is 5.48. The van der Waals surface area contributed by atoms with E-state index in [9.17, 15) is 9.59 Å². The van der Waals surface area contributed by atoms with Crippen molar-refractivity contribution in [3.63, 3.8) is 0 Å². The van der Waals surface area contributed by atoms with Gasteiger partial charge in [0.1, 0.15) is 11.5 Å². The highest BCUT2D eigenvalue weighted by molar-refractivity contribution is 5.93. The third-order valence-electron chi connectivity index (χ3n) is 2.45.